The van der Waals surface area contributed by atoms with Crippen molar-refractivity contribution in [2.24, 2.45) is 4.99 Å². The number of anilines is 1. The van der Waals surface area contributed by atoms with E-state index in [0.29, 0.717) is 15.8 Å². The number of nitrogens with one attached hydrogen (secondary N) is 1. The Kier molecular flexibility index (Phi) is 4.72. The Morgan fingerprint density at radius 3 is 2.88 bits per heavy atom. The highest BCUT2D eigenvalue weighted by molar-refractivity contribution is 8.13. The summed E-state index contributed by atoms with van der Waals surface area (Å²) in [5, 5.41) is 12.4. The Balaban J connectivity index is 2.92. The predicted octanol–water partition coefficient (Wildman–Crippen LogP) is 2.93. The molecule has 1 N–H and O–H groups in total. The number of nitrogens with zero attached hydrogens (tertiary/aromatic N) is 2. The first-order valence-electron chi connectivity index (χ1n) is 4.25. The van der Waals surface area contributed by atoms with E-state index in [1.807, 2.05) is 6.26 Å². The van der Waals surface area contributed by atoms with Crippen LogP contribution in [-0.4, -0.2) is 11.4 Å². The van der Waals surface area contributed by atoms with Gasteiger partial charge >= 0.3 is 0 Å². The lowest BCUT2D eigenvalue weighted by Crippen LogP contribution is -2.06. The molecule has 0 unspecified atom stereocenters. The molecule has 0 aliphatic carbocycles. The molecule has 0 bridgehead atoms. The Morgan fingerprint density at radius 1 is 1.62 bits per heavy atom. The number of halogens is 1. The highest BCUT2D eigenvalue weighted by Crippen LogP contribution is 2.20. The summed E-state index contributed by atoms with van der Waals surface area (Å²) in [6, 6.07) is 5.21. The third-order valence-electron chi connectivity index (χ3n) is 1.72. The molecule has 0 fully saturated rings. The second-order valence-corrected chi connectivity index (χ2v) is 3.89. The maximum absolute atomic E-state index is 8.44. The Bertz CT molecular complexity index is 497. The van der Waals surface area contributed by atoms with Crippen molar-refractivity contribution in [1.29, 1.82) is 5.26 Å². The number of amidine groups is 1. The van der Waals surface area contributed by atoms with Crippen LogP contribution in [0.5, 0.6) is 0 Å². The summed E-state index contributed by atoms with van der Waals surface area (Å²) in [6.45, 7) is 0. The summed E-state index contributed by atoms with van der Waals surface area (Å²) >= 11 is 7.28. The first-order valence-corrected chi connectivity index (χ1v) is 5.85. The van der Waals surface area contributed by atoms with Gasteiger partial charge in [0, 0.05) is 11.3 Å². The molecule has 0 aliphatic rings. The van der Waals surface area contributed by atoms with Gasteiger partial charge in [-0.2, -0.15) is 5.26 Å². The lowest BCUT2D eigenvalue weighted by Gasteiger charge is -2.06. The fourth-order valence-corrected chi connectivity index (χ4v) is 1.59. The van der Waals surface area contributed by atoms with Crippen LogP contribution in [0.2, 0.25) is 5.02 Å². The SMILES string of the molecule is C#Cc1ccc(N/C(=N/C#N)SC)cc1Cl. The molecule has 1 aromatic carbocycles. The van der Waals surface area contributed by atoms with E-state index >= 15 is 0 Å². The standard InChI is InChI=1S/C11H8ClN3S/c1-3-8-4-5-9(6-10(8)12)15-11(16-2)14-7-13/h1,4-6H,2H3,(H,14,15). The zero-order valence-corrected chi connectivity index (χ0v) is 10.1. The van der Waals surface area contributed by atoms with Crippen molar-refractivity contribution < 1.29 is 0 Å². The average Bonchev–Trinajstić information content (AvgIpc) is 2.28. The molecule has 5 heteroatoms. The van der Waals surface area contributed by atoms with Crippen molar-refractivity contribution >= 4 is 34.2 Å². The third kappa shape index (κ3) is 3.20. The van der Waals surface area contributed by atoms with Crippen molar-refractivity contribution in [1.82, 2.24) is 0 Å². The van der Waals surface area contributed by atoms with Crippen LogP contribution in [0.3, 0.4) is 0 Å². The summed E-state index contributed by atoms with van der Waals surface area (Å²) in [6.07, 6.45) is 8.79. The lowest BCUT2D eigenvalue weighted by molar-refractivity contribution is 1.44. The highest BCUT2D eigenvalue weighted by atomic mass is 35.5. The molecule has 0 saturated carbocycles. The van der Waals surface area contributed by atoms with Crippen molar-refractivity contribution in [3.8, 4) is 18.5 Å². The van der Waals surface area contributed by atoms with Gasteiger partial charge in [0.05, 0.1) is 5.02 Å². The molecule has 1 rings (SSSR count). The van der Waals surface area contributed by atoms with Gasteiger partial charge in [0.25, 0.3) is 0 Å². The molecule has 0 radical (unpaired) electrons. The van der Waals surface area contributed by atoms with E-state index < -0.39 is 0 Å². The minimum Gasteiger partial charge on any atom is -0.334 e. The van der Waals surface area contributed by atoms with Crippen molar-refractivity contribution in [2.45, 2.75) is 0 Å². The first-order chi connectivity index (χ1) is 7.71. The summed E-state index contributed by atoms with van der Waals surface area (Å²) in [5.41, 5.74) is 1.38. The zero-order chi connectivity index (χ0) is 12.0. The third-order valence-corrected chi connectivity index (χ3v) is 2.61. The zero-order valence-electron chi connectivity index (χ0n) is 8.49. The molecule has 0 heterocycles. The number of thioether (sulfide) groups is 1. The van der Waals surface area contributed by atoms with E-state index in [1.54, 1.807) is 24.4 Å². The van der Waals surface area contributed by atoms with Gasteiger partial charge in [-0.1, -0.05) is 29.3 Å². The molecule has 0 saturated heterocycles. The van der Waals surface area contributed by atoms with Crippen LogP contribution in [0.15, 0.2) is 23.2 Å². The van der Waals surface area contributed by atoms with Crippen LogP contribution in [0.25, 0.3) is 0 Å². The first kappa shape index (κ1) is 12.4. The number of terminal acetylenes is 1. The van der Waals surface area contributed by atoms with Gasteiger partial charge in [-0.3, -0.25) is 0 Å². The minimum absolute atomic E-state index is 0.491. The number of benzene rings is 1. The van der Waals surface area contributed by atoms with Gasteiger partial charge < -0.3 is 5.32 Å². The summed E-state index contributed by atoms with van der Waals surface area (Å²) in [7, 11) is 0. The van der Waals surface area contributed by atoms with Crippen LogP contribution in [-0.2, 0) is 0 Å². The van der Waals surface area contributed by atoms with E-state index in [2.05, 4.69) is 16.2 Å². The molecule has 0 spiro atoms. The molecule has 0 atom stereocenters. The molecular formula is C11H8ClN3S. The largest absolute Gasteiger partial charge is 0.334 e. The van der Waals surface area contributed by atoms with Gasteiger partial charge in [0.1, 0.15) is 0 Å². The number of hydrogen-bond acceptors (Lipinski definition) is 3. The van der Waals surface area contributed by atoms with Gasteiger partial charge in [0.15, 0.2) is 5.17 Å². The Hall–Kier alpha value is -1.62. The number of rotatable bonds is 1. The Morgan fingerprint density at radius 2 is 2.38 bits per heavy atom. The molecular weight excluding hydrogens is 242 g/mol. The smallest absolute Gasteiger partial charge is 0.208 e. The van der Waals surface area contributed by atoms with E-state index in [1.165, 1.54) is 11.8 Å². The van der Waals surface area contributed by atoms with Crippen LogP contribution in [0, 0.1) is 23.8 Å². The van der Waals surface area contributed by atoms with E-state index in [0.717, 1.165) is 5.69 Å². The van der Waals surface area contributed by atoms with Crippen LogP contribution in [0.4, 0.5) is 5.69 Å². The summed E-state index contributed by atoms with van der Waals surface area (Å²) in [5.74, 6) is 2.47. The second-order valence-electron chi connectivity index (χ2n) is 2.69. The van der Waals surface area contributed by atoms with Gasteiger partial charge in [-0.25, -0.2) is 0 Å². The lowest BCUT2D eigenvalue weighted by atomic mass is 10.2. The van der Waals surface area contributed by atoms with E-state index in [-0.39, 0.29) is 0 Å². The molecule has 16 heavy (non-hydrogen) atoms. The van der Waals surface area contributed by atoms with Crippen molar-refractivity contribution in [2.75, 3.05) is 11.6 Å². The normalized spacial score (nSPS) is 10.4. The summed E-state index contributed by atoms with van der Waals surface area (Å²) in [4.78, 5) is 3.60. The van der Waals surface area contributed by atoms with Crippen molar-refractivity contribution in [3.05, 3.63) is 28.8 Å². The van der Waals surface area contributed by atoms with Crippen LogP contribution >= 0.6 is 23.4 Å². The van der Waals surface area contributed by atoms with Crippen LogP contribution < -0.4 is 5.32 Å². The average molecular weight is 250 g/mol. The van der Waals surface area contributed by atoms with E-state index in [4.69, 9.17) is 23.3 Å². The fourth-order valence-electron chi connectivity index (χ4n) is 1.00. The van der Waals surface area contributed by atoms with E-state index in [9.17, 15) is 0 Å². The quantitative estimate of drug-likeness (QED) is 0.360. The number of hydrogen-bond donors (Lipinski definition) is 1. The number of nitriles is 1. The van der Waals surface area contributed by atoms with Gasteiger partial charge in [-0.05, 0) is 24.5 Å². The molecule has 0 aromatic heterocycles. The van der Waals surface area contributed by atoms with Gasteiger partial charge in [0.2, 0.25) is 6.19 Å². The second kappa shape index (κ2) is 6.07. The monoisotopic (exact) mass is 249 g/mol. The van der Waals surface area contributed by atoms with Crippen molar-refractivity contribution in [3.63, 3.8) is 0 Å². The Labute approximate surface area is 104 Å². The maximum atomic E-state index is 8.44. The molecule has 0 amide bonds. The van der Waals surface area contributed by atoms with Crippen LogP contribution in [0.1, 0.15) is 5.56 Å². The topological polar surface area (TPSA) is 48.2 Å². The molecule has 1 aromatic rings. The molecule has 80 valence electrons. The summed E-state index contributed by atoms with van der Waals surface area (Å²) < 4.78 is 0. The minimum atomic E-state index is 0.491. The molecule has 3 nitrogen and oxygen atoms in total. The molecule has 0 aliphatic heterocycles. The van der Waals surface area contributed by atoms with Gasteiger partial charge in [-0.15, -0.1) is 11.4 Å². The maximum Gasteiger partial charge on any atom is 0.208 e. The highest BCUT2D eigenvalue weighted by Gasteiger charge is 2.02. The number of aliphatic imine (C=N–C) groups is 1. The fraction of sp³-hybridized carbons (Fsp3) is 0.0909. The predicted molar refractivity (Wildman–Crippen MR) is 69.6 cm³/mol.